The number of carboxylic acid groups (broad SMARTS) is 2. The Kier molecular flexibility index (Phi) is 16.9. The molecule has 80 valence electrons. The molecule has 0 aromatic heterocycles. The molecule has 0 N–H and O–H groups in total. The van der Waals surface area contributed by atoms with Crippen LogP contribution in [0.4, 0.5) is 0 Å². The van der Waals surface area contributed by atoms with Crippen molar-refractivity contribution in [3.05, 3.63) is 21.1 Å². The van der Waals surface area contributed by atoms with E-state index in [1.807, 2.05) is 0 Å². The Bertz CT molecular complexity index is 248. The van der Waals surface area contributed by atoms with Gasteiger partial charge in [-0.05, 0) is 0 Å². The van der Waals surface area contributed by atoms with Crippen LogP contribution in [-0.4, -0.2) is 11.9 Å². The molecule has 0 saturated heterocycles. The van der Waals surface area contributed by atoms with E-state index in [0.717, 1.165) is 11.1 Å². The zero-order valence-electron chi connectivity index (χ0n) is 7.01. The van der Waals surface area contributed by atoms with Gasteiger partial charge in [0.1, 0.15) is 0 Å². The summed E-state index contributed by atoms with van der Waals surface area (Å²) >= 11 is 19.4. The molecule has 0 aliphatic carbocycles. The van der Waals surface area contributed by atoms with E-state index in [0.29, 0.717) is 0 Å². The predicted molar refractivity (Wildman–Crippen MR) is 49.6 cm³/mol. The summed E-state index contributed by atoms with van der Waals surface area (Å²) in [4.78, 5) is 19.1. The van der Waals surface area contributed by atoms with Crippen LogP contribution in [0.1, 0.15) is 0 Å². The number of hydrogen-bond acceptors (Lipinski definition) is 4. The van der Waals surface area contributed by atoms with Crippen molar-refractivity contribution in [2.24, 2.45) is 0 Å². The van der Waals surface area contributed by atoms with Crippen molar-refractivity contribution in [1.82, 2.24) is 0 Å². The molecule has 15 heavy (non-hydrogen) atoms. The number of rotatable bonds is 2. The Labute approximate surface area is 118 Å². The smallest absolute Gasteiger partial charge is 0.544 e. The van der Waals surface area contributed by atoms with Gasteiger partial charge in [0.2, 0.25) is 0 Å². The largest absolute Gasteiger partial charge is 2.00 e. The molecule has 4 nitrogen and oxygen atoms in total. The molecular formula is C6H2Cl4O4Zn. The van der Waals surface area contributed by atoms with Crippen molar-refractivity contribution < 1.29 is 39.3 Å². The minimum absolute atomic E-state index is 0. The molecule has 0 radical (unpaired) electrons. The van der Waals surface area contributed by atoms with Crippen molar-refractivity contribution in [2.45, 2.75) is 0 Å². The van der Waals surface area contributed by atoms with Crippen LogP contribution in [-0.2, 0) is 29.1 Å². The molecule has 0 amide bonds. The van der Waals surface area contributed by atoms with Crippen molar-refractivity contribution in [1.29, 1.82) is 0 Å². The molecule has 0 fully saturated rings. The summed E-state index contributed by atoms with van der Waals surface area (Å²) in [5, 5.41) is 18.1. The van der Waals surface area contributed by atoms with Gasteiger partial charge in [0.15, 0.2) is 0 Å². The summed E-state index contributed by atoms with van der Waals surface area (Å²) in [6.07, 6.45) is 0. The quantitative estimate of drug-likeness (QED) is 0.525. The van der Waals surface area contributed by atoms with E-state index in [9.17, 15) is 19.8 Å². The molecular weight excluding hydrogens is 343 g/mol. The fourth-order valence-corrected chi connectivity index (χ4v) is 0.267. The van der Waals surface area contributed by atoms with Crippen LogP contribution >= 0.6 is 46.4 Å². The minimum Gasteiger partial charge on any atom is -0.544 e. The van der Waals surface area contributed by atoms with E-state index in [-0.39, 0.29) is 19.5 Å². The van der Waals surface area contributed by atoms with E-state index in [1.54, 1.807) is 0 Å². The van der Waals surface area contributed by atoms with Gasteiger partial charge < -0.3 is 19.8 Å². The van der Waals surface area contributed by atoms with Crippen molar-refractivity contribution in [3.8, 4) is 0 Å². The number of halogens is 4. The van der Waals surface area contributed by atoms with E-state index in [1.165, 1.54) is 0 Å². The van der Waals surface area contributed by atoms with Gasteiger partial charge in [-0.15, -0.1) is 0 Å². The maximum Gasteiger partial charge on any atom is 2.00 e. The molecule has 0 spiro atoms. The maximum atomic E-state index is 9.53. The SMILES string of the molecule is O=C([O-])C(Cl)=CCl.O=C([O-])C(Cl)=CCl.[Zn+2]. The van der Waals surface area contributed by atoms with Gasteiger partial charge in [-0.1, -0.05) is 46.4 Å². The van der Waals surface area contributed by atoms with Gasteiger partial charge >= 0.3 is 19.5 Å². The predicted octanol–water partition coefficient (Wildman–Crippen LogP) is 0.108. The van der Waals surface area contributed by atoms with Crippen LogP contribution in [0.25, 0.3) is 0 Å². The summed E-state index contributed by atoms with van der Waals surface area (Å²) < 4.78 is 0. The Balaban J connectivity index is -0.000000180. The fourth-order valence-electron chi connectivity index (χ4n) is 0.0891. The van der Waals surface area contributed by atoms with Crippen LogP contribution in [0.5, 0.6) is 0 Å². The summed E-state index contributed by atoms with van der Waals surface area (Å²) in [6.45, 7) is 0. The summed E-state index contributed by atoms with van der Waals surface area (Å²) in [5.74, 6) is -2.92. The molecule has 0 aliphatic heterocycles. The molecule has 0 unspecified atom stereocenters. The Hall–Kier alpha value is 0.203. The van der Waals surface area contributed by atoms with Gasteiger partial charge in [-0.3, -0.25) is 0 Å². The van der Waals surface area contributed by atoms with Gasteiger partial charge in [-0.25, -0.2) is 0 Å². The van der Waals surface area contributed by atoms with Gasteiger partial charge in [-0.2, -0.15) is 0 Å². The molecule has 0 aliphatic rings. The van der Waals surface area contributed by atoms with Gasteiger partial charge in [0, 0.05) is 11.1 Å². The molecule has 0 saturated carbocycles. The topological polar surface area (TPSA) is 80.3 Å². The summed E-state index contributed by atoms with van der Waals surface area (Å²) in [7, 11) is 0. The summed E-state index contributed by atoms with van der Waals surface area (Å²) in [5.41, 5.74) is 1.47. The third kappa shape index (κ3) is 14.2. The van der Waals surface area contributed by atoms with E-state index in [2.05, 4.69) is 0 Å². The molecule has 0 bridgehead atoms. The third-order valence-electron chi connectivity index (χ3n) is 0.582. The number of hydrogen-bond donors (Lipinski definition) is 0. The van der Waals surface area contributed by atoms with Crippen molar-refractivity contribution in [3.63, 3.8) is 0 Å². The first-order valence-corrected chi connectivity index (χ1v) is 4.34. The van der Waals surface area contributed by atoms with E-state index in [4.69, 9.17) is 46.4 Å². The van der Waals surface area contributed by atoms with Crippen molar-refractivity contribution in [2.75, 3.05) is 0 Å². The Morgan fingerprint density at radius 2 is 1.07 bits per heavy atom. The summed E-state index contributed by atoms with van der Waals surface area (Å²) in [6, 6.07) is 0. The first-order valence-electron chi connectivity index (χ1n) is 2.71. The molecule has 9 heteroatoms. The molecule has 0 heterocycles. The first-order chi connectivity index (χ1) is 6.36. The Morgan fingerprint density at radius 3 is 1.07 bits per heavy atom. The molecule has 0 atom stereocenters. The number of carbonyl (C=O) groups is 2. The number of carboxylic acids is 2. The zero-order valence-corrected chi connectivity index (χ0v) is 13.0. The fraction of sp³-hybridized carbons (Fsp3) is 0. The molecule has 0 aromatic rings. The average molecular weight is 345 g/mol. The van der Waals surface area contributed by atoms with Crippen LogP contribution in [0.2, 0.25) is 0 Å². The van der Waals surface area contributed by atoms with Crippen LogP contribution in [0.15, 0.2) is 21.1 Å². The standard InChI is InChI=1S/2C3H2Cl2O2.Zn/c2*4-1-2(5)3(6)7;/h2*1H,(H,6,7);/q;;+2/p-2. The monoisotopic (exact) mass is 342 g/mol. The zero-order chi connectivity index (χ0) is 11.7. The normalized spacial score (nSPS) is 10.7. The minimum atomic E-state index is -1.46. The van der Waals surface area contributed by atoms with Gasteiger partial charge in [0.25, 0.3) is 0 Å². The van der Waals surface area contributed by atoms with Crippen LogP contribution < -0.4 is 10.2 Å². The maximum absolute atomic E-state index is 9.53. The second-order valence-corrected chi connectivity index (χ2v) is 2.74. The van der Waals surface area contributed by atoms with Crippen molar-refractivity contribution >= 4 is 58.3 Å². The average Bonchev–Trinajstić information content (AvgIpc) is 2.15. The second-order valence-electron chi connectivity index (χ2n) is 1.49. The first kappa shape index (κ1) is 20.6. The van der Waals surface area contributed by atoms with E-state index < -0.39 is 22.0 Å². The second kappa shape index (κ2) is 12.3. The van der Waals surface area contributed by atoms with Crippen LogP contribution in [0.3, 0.4) is 0 Å². The van der Waals surface area contributed by atoms with E-state index >= 15 is 0 Å². The number of aliphatic carboxylic acids is 2. The molecule has 0 aromatic carbocycles. The van der Waals surface area contributed by atoms with Crippen LogP contribution in [0, 0.1) is 0 Å². The Morgan fingerprint density at radius 1 is 0.867 bits per heavy atom. The number of carbonyl (C=O) groups excluding carboxylic acids is 2. The molecule has 0 rings (SSSR count). The van der Waals surface area contributed by atoms with Gasteiger partial charge in [0.05, 0.1) is 22.0 Å². The third-order valence-corrected chi connectivity index (χ3v) is 1.77.